The van der Waals surface area contributed by atoms with Crippen molar-refractivity contribution in [2.45, 2.75) is 39.0 Å². The number of urea groups is 1. The van der Waals surface area contributed by atoms with Crippen LogP contribution < -0.4 is 16.4 Å². The van der Waals surface area contributed by atoms with Crippen LogP contribution in [-0.2, 0) is 11.8 Å². The zero-order valence-corrected chi connectivity index (χ0v) is 17.9. The van der Waals surface area contributed by atoms with Crippen molar-refractivity contribution in [1.29, 1.82) is 0 Å². The lowest BCUT2D eigenvalue weighted by molar-refractivity contribution is 0.252. The molecule has 3 aromatic rings. The first kappa shape index (κ1) is 22.3. The van der Waals surface area contributed by atoms with E-state index in [0.717, 1.165) is 35.7 Å². The second-order valence-electron chi connectivity index (χ2n) is 8.34. The van der Waals surface area contributed by atoms with Gasteiger partial charge in [-0.25, -0.2) is 18.3 Å². The Morgan fingerprint density at radius 2 is 1.84 bits per heavy atom. The van der Waals surface area contributed by atoms with Gasteiger partial charge >= 0.3 is 6.03 Å². The van der Waals surface area contributed by atoms with Crippen molar-refractivity contribution in [2.24, 2.45) is 0 Å². The highest BCUT2D eigenvalue weighted by molar-refractivity contribution is 5.93. The maximum Gasteiger partial charge on any atom is 0.319 e. The first-order chi connectivity index (χ1) is 14.7. The third-order valence-corrected chi connectivity index (χ3v) is 4.78. The SMILES string of the molecule is CC(C)(C)c1nn(-c2cc(F)ccc2F)c(N)c1NC(=O)NCCCc1ccccc1. The first-order valence-corrected chi connectivity index (χ1v) is 10.1. The quantitative estimate of drug-likeness (QED) is 0.495. The fourth-order valence-corrected chi connectivity index (χ4v) is 3.21. The summed E-state index contributed by atoms with van der Waals surface area (Å²) in [6, 6.07) is 12.6. The molecular formula is C23H27F2N5O. The van der Waals surface area contributed by atoms with E-state index in [1.807, 2.05) is 51.1 Å². The van der Waals surface area contributed by atoms with E-state index in [1.165, 1.54) is 5.56 Å². The standard InChI is InChI=1S/C23H27F2N5O/c1-23(2,3)20-19(21(26)30(29-20)18-14-16(24)11-12-17(18)25)28-22(31)27-13-7-10-15-8-5-4-6-9-15/h4-6,8-9,11-12,14H,7,10,13,26H2,1-3H3,(H2,27,28,31). The van der Waals surface area contributed by atoms with Gasteiger partial charge in [0.05, 0.1) is 5.69 Å². The number of carbonyl (C=O) groups excluding carboxylic acids is 1. The van der Waals surface area contributed by atoms with Crippen molar-refractivity contribution >= 4 is 17.5 Å². The molecule has 0 spiro atoms. The van der Waals surface area contributed by atoms with Crippen LogP contribution in [0.4, 0.5) is 25.1 Å². The maximum atomic E-state index is 14.3. The molecule has 0 bridgehead atoms. The molecule has 0 saturated heterocycles. The van der Waals surface area contributed by atoms with Crippen LogP contribution in [0.1, 0.15) is 38.4 Å². The van der Waals surface area contributed by atoms with E-state index < -0.39 is 23.1 Å². The Kier molecular flexibility index (Phi) is 6.58. The van der Waals surface area contributed by atoms with E-state index in [1.54, 1.807) is 0 Å². The third kappa shape index (κ3) is 5.39. The van der Waals surface area contributed by atoms with Gasteiger partial charge in [0.1, 0.15) is 23.0 Å². The van der Waals surface area contributed by atoms with Crippen LogP contribution in [0.5, 0.6) is 0 Å². The summed E-state index contributed by atoms with van der Waals surface area (Å²) >= 11 is 0. The molecule has 0 aliphatic rings. The number of rotatable bonds is 6. The Bertz CT molecular complexity index is 1060. The molecule has 4 N–H and O–H groups in total. The summed E-state index contributed by atoms with van der Waals surface area (Å²) < 4.78 is 29.1. The van der Waals surface area contributed by atoms with Crippen LogP contribution in [0.15, 0.2) is 48.5 Å². The molecule has 2 amide bonds. The topological polar surface area (TPSA) is 85.0 Å². The summed E-state index contributed by atoms with van der Waals surface area (Å²) in [5.74, 6) is -1.27. The van der Waals surface area contributed by atoms with Crippen LogP contribution in [0.2, 0.25) is 0 Å². The molecule has 164 valence electrons. The fraction of sp³-hybridized carbons (Fsp3) is 0.304. The maximum absolute atomic E-state index is 14.3. The van der Waals surface area contributed by atoms with Crippen LogP contribution in [-0.4, -0.2) is 22.4 Å². The lowest BCUT2D eigenvalue weighted by Gasteiger charge is -2.18. The minimum atomic E-state index is -0.673. The number of amides is 2. The Balaban J connectivity index is 1.76. The van der Waals surface area contributed by atoms with Gasteiger partial charge in [-0.1, -0.05) is 51.1 Å². The number of benzene rings is 2. The van der Waals surface area contributed by atoms with Gasteiger partial charge in [-0.05, 0) is 30.5 Å². The summed E-state index contributed by atoms with van der Waals surface area (Å²) in [7, 11) is 0. The molecule has 1 heterocycles. The molecule has 1 aromatic heterocycles. The summed E-state index contributed by atoms with van der Waals surface area (Å²) in [5.41, 5.74) is 7.51. The molecule has 8 heteroatoms. The van der Waals surface area contributed by atoms with E-state index in [0.29, 0.717) is 12.2 Å². The van der Waals surface area contributed by atoms with Crippen molar-refractivity contribution < 1.29 is 13.6 Å². The lowest BCUT2D eigenvalue weighted by atomic mass is 9.91. The number of halogens is 2. The molecule has 0 aliphatic carbocycles. The molecule has 0 fully saturated rings. The molecule has 3 rings (SSSR count). The zero-order valence-electron chi connectivity index (χ0n) is 17.9. The Hall–Kier alpha value is -3.42. The van der Waals surface area contributed by atoms with Gasteiger partial charge in [0.25, 0.3) is 0 Å². The van der Waals surface area contributed by atoms with Gasteiger partial charge in [-0.15, -0.1) is 0 Å². The number of nitrogens with one attached hydrogen (secondary N) is 2. The van der Waals surface area contributed by atoms with Gasteiger partial charge < -0.3 is 16.4 Å². The second kappa shape index (κ2) is 9.16. The number of anilines is 2. The lowest BCUT2D eigenvalue weighted by Crippen LogP contribution is -2.31. The predicted octanol–water partition coefficient (Wildman–Crippen LogP) is 4.78. The largest absolute Gasteiger partial charge is 0.382 e. The van der Waals surface area contributed by atoms with Gasteiger partial charge in [0.2, 0.25) is 0 Å². The molecular weight excluding hydrogens is 400 g/mol. The van der Waals surface area contributed by atoms with Crippen molar-refractivity contribution in [1.82, 2.24) is 15.1 Å². The monoisotopic (exact) mass is 427 g/mol. The Morgan fingerprint density at radius 3 is 2.52 bits per heavy atom. The number of aryl methyl sites for hydroxylation is 1. The molecule has 0 aliphatic heterocycles. The zero-order chi connectivity index (χ0) is 22.6. The van der Waals surface area contributed by atoms with Gasteiger partial charge in [0.15, 0.2) is 5.82 Å². The van der Waals surface area contributed by atoms with Crippen molar-refractivity contribution in [3.63, 3.8) is 0 Å². The molecule has 0 radical (unpaired) electrons. The van der Waals surface area contributed by atoms with E-state index in [-0.39, 0.29) is 17.2 Å². The Labute approximate surface area is 180 Å². The minimum absolute atomic E-state index is 0.0221. The van der Waals surface area contributed by atoms with Crippen molar-refractivity contribution in [3.8, 4) is 5.69 Å². The van der Waals surface area contributed by atoms with Crippen LogP contribution in [0.3, 0.4) is 0 Å². The fourth-order valence-electron chi connectivity index (χ4n) is 3.21. The molecule has 2 aromatic carbocycles. The van der Waals surface area contributed by atoms with Gasteiger partial charge in [0, 0.05) is 18.0 Å². The highest BCUT2D eigenvalue weighted by Crippen LogP contribution is 2.35. The average Bonchev–Trinajstić information content (AvgIpc) is 3.04. The van der Waals surface area contributed by atoms with Crippen LogP contribution in [0, 0.1) is 11.6 Å². The smallest absolute Gasteiger partial charge is 0.319 e. The number of carbonyl (C=O) groups is 1. The Morgan fingerprint density at radius 1 is 1.13 bits per heavy atom. The summed E-state index contributed by atoms with van der Waals surface area (Å²) in [6.07, 6.45) is 1.61. The molecule has 0 unspecified atom stereocenters. The van der Waals surface area contributed by atoms with Crippen LogP contribution >= 0.6 is 0 Å². The predicted molar refractivity (Wildman–Crippen MR) is 118 cm³/mol. The number of aromatic nitrogens is 2. The summed E-state index contributed by atoms with van der Waals surface area (Å²) in [4.78, 5) is 12.5. The average molecular weight is 427 g/mol. The van der Waals surface area contributed by atoms with Crippen molar-refractivity contribution in [2.75, 3.05) is 17.6 Å². The van der Waals surface area contributed by atoms with Crippen LogP contribution in [0.25, 0.3) is 5.69 Å². The van der Waals surface area contributed by atoms with Gasteiger partial charge in [-0.3, -0.25) is 0 Å². The molecule has 0 saturated carbocycles. The molecule has 31 heavy (non-hydrogen) atoms. The molecule has 6 nitrogen and oxygen atoms in total. The van der Waals surface area contributed by atoms with E-state index in [4.69, 9.17) is 5.73 Å². The number of nitrogens with zero attached hydrogens (tertiary/aromatic N) is 2. The third-order valence-electron chi connectivity index (χ3n) is 4.78. The van der Waals surface area contributed by atoms with E-state index in [9.17, 15) is 13.6 Å². The number of hydrogen-bond donors (Lipinski definition) is 3. The van der Waals surface area contributed by atoms with E-state index >= 15 is 0 Å². The minimum Gasteiger partial charge on any atom is -0.382 e. The number of nitrogen functional groups attached to an aromatic ring is 1. The summed E-state index contributed by atoms with van der Waals surface area (Å²) in [6.45, 7) is 6.15. The number of hydrogen-bond acceptors (Lipinski definition) is 3. The second-order valence-corrected chi connectivity index (χ2v) is 8.34. The van der Waals surface area contributed by atoms with E-state index in [2.05, 4.69) is 15.7 Å². The highest BCUT2D eigenvalue weighted by atomic mass is 19.1. The first-order valence-electron chi connectivity index (χ1n) is 10.1. The number of nitrogens with two attached hydrogens (primary N) is 1. The van der Waals surface area contributed by atoms with Crippen molar-refractivity contribution in [3.05, 3.63) is 71.4 Å². The molecule has 0 atom stereocenters. The van der Waals surface area contributed by atoms with Gasteiger partial charge in [-0.2, -0.15) is 5.10 Å². The normalized spacial score (nSPS) is 11.4. The summed E-state index contributed by atoms with van der Waals surface area (Å²) in [5, 5.41) is 9.92. The highest BCUT2D eigenvalue weighted by Gasteiger charge is 2.28.